The molecule has 19 heavy (non-hydrogen) atoms. The van der Waals surface area contributed by atoms with Crippen molar-refractivity contribution in [3.63, 3.8) is 0 Å². The van der Waals surface area contributed by atoms with Crippen LogP contribution in [0.5, 0.6) is 0 Å². The van der Waals surface area contributed by atoms with Gasteiger partial charge in [-0.05, 0) is 25.7 Å². The maximum Gasteiger partial charge on any atom is 0.228 e. The van der Waals surface area contributed by atoms with Gasteiger partial charge in [-0.15, -0.1) is 0 Å². The molecule has 3 nitrogen and oxygen atoms in total. The fourth-order valence-electron chi connectivity index (χ4n) is 4.31. The maximum atomic E-state index is 12.7. The van der Waals surface area contributed by atoms with Crippen molar-refractivity contribution in [2.24, 2.45) is 5.41 Å². The van der Waals surface area contributed by atoms with E-state index in [0.717, 1.165) is 45.1 Å². The van der Waals surface area contributed by atoms with Gasteiger partial charge >= 0.3 is 0 Å². The first-order chi connectivity index (χ1) is 9.19. The predicted molar refractivity (Wildman–Crippen MR) is 77.0 cm³/mol. The van der Waals surface area contributed by atoms with Gasteiger partial charge in [-0.2, -0.15) is 0 Å². The standard InChI is InChI=1S/C16H28N2O/c1-16(8-4-5-9-16)15(19)18-12-10-17(11-13-18)14-6-2-3-7-14/h14H,2-13H2,1H3. The van der Waals surface area contributed by atoms with Gasteiger partial charge in [-0.3, -0.25) is 9.69 Å². The lowest BCUT2D eigenvalue weighted by Gasteiger charge is -2.40. The highest BCUT2D eigenvalue weighted by Gasteiger charge is 2.40. The summed E-state index contributed by atoms with van der Waals surface area (Å²) in [5.41, 5.74) is -0.0322. The lowest BCUT2D eigenvalue weighted by atomic mass is 9.87. The molecule has 0 N–H and O–H groups in total. The van der Waals surface area contributed by atoms with Crippen molar-refractivity contribution in [1.82, 2.24) is 9.80 Å². The molecule has 0 radical (unpaired) electrons. The number of amides is 1. The summed E-state index contributed by atoms with van der Waals surface area (Å²) < 4.78 is 0. The Kier molecular flexibility index (Phi) is 3.84. The molecule has 0 atom stereocenters. The average Bonchev–Trinajstić information content (AvgIpc) is 3.10. The zero-order chi connectivity index (χ0) is 13.3. The highest BCUT2D eigenvalue weighted by molar-refractivity contribution is 5.82. The summed E-state index contributed by atoms with van der Waals surface area (Å²) in [7, 11) is 0. The van der Waals surface area contributed by atoms with Gasteiger partial charge in [0, 0.05) is 37.6 Å². The summed E-state index contributed by atoms with van der Waals surface area (Å²) in [5.74, 6) is 0.441. The first-order valence-corrected chi connectivity index (χ1v) is 8.22. The Hall–Kier alpha value is -0.570. The second-order valence-electron chi connectivity index (χ2n) is 7.03. The Morgan fingerprint density at radius 1 is 0.947 bits per heavy atom. The summed E-state index contributed by atoms with van der Waals surface area (Å²) in [4.78, 5) is 17.4. The van der Waals surface area contributed by atoms with Crippen molar-refractivity contribution >= 4 is 5.91 Å². The van der Waals surface area contributed by atoms with Crippen LogP contribution >= 0.6 is 0 Å². The third-order valence-electron chi connectivity index (χ3n) is 5.67. The summed E-state index contributed by atoms with van der Waals surface area (Å²) in [6.45, 7) is 6.32. The van der Waals surface area contributed by atoms with Crippen molar-refractivity contribution in [2.75, 3.05) is 26.2 Å². The van der Waals surface area contributed by atoms with Crippen LogP contribution < -0.4 is 0 Å². The van der Waals surface area contributed by atoms with Crippen LogP contribution in [0.25, 0.3) is 0 Å². The molecule has 1 aliphatic heterocycles. The molecule has 1 amide bonds. The van der Waals surface area contributed by atoms with Crippen molar-refractivity contribution in [1.29, 1.82) is 0 Å². The quantitative estimate of drug-likeness (QED) is 0.765. The minimum atomic E-state index is -0.0322. The molecule has 2 aliphatic carbocycles. The number of carbonyl (C=O) groups is 1. The third-order valence-corrected chi connectivity index (χ3v) is 5.67. The second-order valence-corrected chi connectivity index (χ2v) is 7.03. The van der Waals surface area contributed by atoms with E-state index >= 15 is 0 Å². The van der Waals surface area contributed by atoms with Gasteiger partial charge in [-0.1, -0.05) is 32.6 Å². The zero-order valence-electron chi connectivity index (χ0n) is 12.4. The van der Waals surface area contributed by atoms with Crippen LogP contribution in [0.2, 0.25) is 0 Å². The normalized spacial score (nSPS) is 29.0. The molecule has 3 aliphatic rings. The number of hydrogen-bond donors (Lipinski definition) is 0. The molecule has 1 heterocycles. The summed E-state index contributed by atoms with van der Waals surface area (Å²) in [5, 5.41) is 0. The van der Waals surface area contributed by atoms with Gasteiger partial charge in [-0.25, -0.2) is 0 Å². The zero-order valence-corrected chi connectivity index (χ0v) is 12.4. The van der Waals surface area contributed by atoms with Gasteiger partial charge in [0.05, 0.1) is 0 Å². The van der Waals surface area contributed by atoms with Crippen LogP contribution in [0.4, 0.5) is 0 Å². The second kappa shape index (κ2) is 5.43. The molecule has 3 rings (SSSR count). The van der Waals surface area contributed by atoms with Gasteiger partial charge in [0.2, 0.25) is 5.91 Å². The first-order valence-electron chi connectivity index (χ1n) is 8.22. The van der Waals surface area contributed by atoms with Crippen LogP contribution in [0.3, 0.4) is 0 Å². The summed E-state index contributed by atoms with van der Waals surface area (Å²) in [6.07, 6.45) is 10.3. The third kappa shape index (κ3) is 2.67. The molecular formula is C16H28N2O. The smallest absolute Gasteiger partial charge is 0.228 e. The molecule has 108 valence electrons. The Bertz CT molecular complexity index is 322. The minimum absolute atomic E-state index is 0.0322. The van der Waals surface area contributed by atoms with Crippen LogP contribution in [0.15, 0.2) is 0 Å². The van der Waals surface area contributed by atoms with E-state index in [9.17, 15) is 4.79 Å². The Morgan fingerprint density at radius 3 is 2.11 bits per heavy atom. The molecule has 3 fully saturated rings. The molecule has 1 saturated heterocycles. The number of piperazine rings is 1. The largest absolute Gasteiger partial charge is 0.340 e. The predicted octanol–water partition coefficient (Wildman–Crippen LogP) is 2.65. The van der Waals surface area contributed by atoms with E-state index in [0.29, 0.717) is 5.91 Å². The van der Waals surface area contributed by atoms with Gasteiger partial charge < -0.3 is 4.90 Å². The lowest BCUT2D eigenvalue weighted by Crippen LogP contribution is -2.54. The van der Waals surface area contributed by atoms with Gasteiger partial charge in [0.25, 0.3) is 0 Å². The molecule has 3 heteroatoms. The Balaban J connectivity index is 1.53. The topological polar surface area (TPSA) is 23.6 Å². The maximum absolute atomic E-state index is 12.7. The molecule has 0 spiro atoms. The van der Waals surface area contributed by atoms with Gasteiger partial charge in [0.1, 0.15) is 0 Å². The van der Waals surface area contributed by atoms with Crippen molar-refractivity contribution in [3.05, 3.63) is 0 Å². The fraction of sp³-hybridized carbons (Fsp3) is 0.938. The van der Waals surface area contributed by atoms with Crippen LogP contribution in [-0.2, 0) is 4.79 Å². The van der Waals surface area contributed by atoms with Crippen molar-refractivity contribution in [2.45, 2.75) is 64.3 Å². The minimum Gasteiger partial charge on any atom is -0.340 e. The van der Waals surface area contributed by atoms with E-state index in [-0.39, 0.29) is 5.41 Å². The highest BCUT2D eigenvalue weighted by atomic mass is 16.2. The van der Waals surface area contributed by atoms with E-state index in [2.05, 4.69) is 16.7 Å². The SMILES string of the molecule is CC1(C(=O)N2CCN(C3CCCC3)CC2)CCCC1. The van der Waals surface area contributed by atoms with E-state index in [4.69, 9.17) is 0 Å². The number of rotatable bonds is 2. The van der Waals surface area contributed by atoms with Crippen molar-refractivity contribution in [3.8, 4) is 0 Å². The van der Waals surface area contributed by atoms with E-state index in [1.807, 2.05) is 0 Å². The Labute approximate surface area is 117 Å². The van der Waals surface area contributed by atoms with E-state index in [1.54, 1.807) is 0 Å². The molecule has 0 aromatic rings. The molecule has 0 aromatic heterocycles. The van der Waals surface area contributed by atoms with Crippen LogP contribution in [0, 0.1) is 5.41 Å². The molecule has 0 aromatic carbocycles. The average molecular weight is 264 g/mol. The molecular weight excluding hydrogens is 236 g/mol. The molecule has 2 saturated carbocycles. The monoisotopic (exact) mass is 264 g/mol. The first kappa shape index (κ1) is 13.4. The van der Waals surface area contributed by atoms with E-state index < -0.39 is 0 Å². The Morgan fingerprint density at radius 2 is 1.53 bits per heavy atom. The van der Waals surface area contributed by atoms with Crippen LogP contribution in [-0.4, -0.2) is 47.9 Å². The van der Waals surface area contributed by atoms with E-state index in [1.165, 1.54) is 38.5 Å². The summed E-state index contributed by atoms with van der Waals surface area (Å²) >= 11 is 0. The van der Waals surface area contributed by atoms with Crippen molar-refractivity contribution < 1.29 is 4.79 Å². The fourth-order valence-corrected chi connectivity index (χ4v) is 4.31. The summed E-state index contributed by atoms with van der Waals surface area (Å²) in [6, 6.07) is 0.819. The number of nitrogens with zero attached hydrogens (tertiary/aromatic N) is 2. The number of carbonyl (C=O) groups excluding carboxylic acids is 1. The highest BCUT2D eigenvalue weighted by Crippen LogP contribution is 2.39. The van der Waals surface area contributed by atoms with Crippen LogP contribution in [0.1, 0.15) is 58.3 Å². The van der Waals surface area contributed by atoms with Gasteiger partial charge in [0.15, 0.2) is 0 Å². The lowest BCUT2D eigenvalue weighted by molar-refractivity contribution is -0.143. The number of hydrogen-bond acceptors (Lipinski definition) is 2. The molecule has 0 bridgehead atoms. The molecule has 0 unspecified atom stereocenters.